The third-order valence-electron chi connectivity index (χ3n) is 3.95. The van der Waals surface area contributed by atoms with Crippen molar-refractivity contribution >= 4 is 17.5 Å². The van der Waals surface area contributed by atoms with Crippen molar-refractivity contribution in [1.29, 1.82) is 0 Å². The van der Waals surface area contributed by atoms with Crippen LogP contribution in [-0.2, 0) is 4.74 Å². The maximum atomic E-state index is 11.3. The first-order valence-electron chi connectivity index (χ1n) is 8.03. The minimum absolute atomic E-state index is 0.204. The molecule has 0 spiro atoms. The lowest BCUT2D eigenvalue weighted by atomic mass is 10.1. The molecule has 0 unspecified atom stereocenters. The molecule has 1 aliphatic rings. The van der Waals surface area contributed by atoms with Crippen molar-refractivity contribution in [1.82, 2.24) is 4.98 Å². The SMILES string of the molecule is CNc1ccc(C#Cc2ccc(N3CCOCC3)nc2)cc1C(=O)O. The van der Waals surface area contributed by atoms with E-state index in [1.54, 1.807) is 31.4 Å². The second-order valence-electron chi connectivity index (χ2n) is 5.57. The summed E-state index contributed by atoms with van der Waals surface area (Å²) in [5.41, 5.74) is 2.20. The molecular weight excluding hydrogens is 318 g/mol. The zero-order valence-corrected chi connectivity index (χ0v) is 14.0. The second-order valence-corrected chi connectivity index (χ2v) is 5.57. The molecule has 1 aromatic carbocycles. The number of carbonyl (C=O) groups is 1. The number of aromatic nitrogens is 1. The number of hydrogen-bond acceptors (Lipinski definition) is 5. The highest BCUT2D eigenvalue weighted by Gasteiger charge is 2.12. The number of ether oxygens (including phenoxy) is 1. The Balaban J connectivity index is 1.77. The van der Waals surface area contributed by atoms with Crippen LogP contribution in [-0.4, -0.2) is 49.4 Å². The molecule has 6 heteroatoms. The third-order valence-corrected chi connectivity index (χ3v) is 3.95. The topological polar surface area (TPSA) is 74.7 Å². The van der Waals surface area contributed by atoms with Gasteiger partial charge in [0.15, 0.2) is 0 Å². The predicted octanol–water partition coefficient (Wildman–Crippen LogP) is 2.06. The molecule has 1 saturated heterocycles. The Bertz CT molecular complexity index is 816. The first-order chi connectivity index (χ1) is 12.2. The summed E-state index contributed by atoms with van der Waals surface area (Å²) in [5, 5.41) is 12.1. The van der Waals surface area contributed by atoms with Gasteiger partial charge in [-0.3, -0.25) is 0 Å². The van der Waals surface area contributed by atoms with Gasteiger partial charge in [-0.15, -0.1) is 0 Å². The van der Waals surface area contributed by atoms with E-state index in [1.165, 1.54) is 0 Å². The van der Waals surface area contributed by atoms with Crippen LogP contribution in [0.3, 0.4) is 0 Å². The number of nitrogens with zero attached hydrogens (tertiary/aromatic N) is 2. The summed E-state index contributed by atoms with van der Waals surface area (Å²) in [6.07, 6.45) is 1.73. The Labute approximate surface area is 146 Å². The normalized spacial score (nSPS) is 13.7. The lowest BCUT2D eigenvalue weighted by Crippen LogP contribution is -2.36. The summed E-state index contributed by atoms with van der Waals surface area (Å²) >= 11 is 0. The Morgan fingerprint density at radius 2 is 1.92 bits per heavy atom. The van der Waals surface area contributed by atoms with E-state index in [2.05, 4.69) is 27.0 Å². The fourth-order valence-electron chi connectivity index (χ4n) is 2.60. The van der Waals surface area contributed by atoms with E-state index in [0.29, 0.717) is 11.3 Å². The molecule has 0 atom stereocenters. The molecule has 1 fully saturated rings. The maximum Gasteiger partial charge on any atom is 0.337 e. The highest BCUT2D eigenvalue weighted by Crippen LogP contribution is 2.17. The smallest absolute Gasteiger partial charge is 0.337 e. The number of rotatable bonds is 3. The van der Waals surface area contributed by atoms with E-state index < -0.39 is 5.97 Å². The van der Waals surface area contributed by atoms with Gasteiger partial charge in [0.05, 0.1) is 18.8 Å². The van der Waals surface area contributed by atoms with Crippen molar-refractivity contribution in [3.05, 3.63) is 53.2 Å². The molecule has 25 heavy (non-hydrogen) atoms. The van der Waals surface area contributed by atoms with Gasteiger partial charge >= 0.3 is 5.97 Å². The lowest BCUT2D eigenvalue weighted by Gasteiger charge is -2.27. The number of aromatic carboxylic acids is 1. The standard InChI is InChI=1S/C19H19N3O3/c1-20-17-6-4-14(12-16(17)19(23)24)2-3-15-5-7-18(21-13-15)22-8-10-25-11-9-22/h4-7,12-13,20H,8-11H2,1H3,(H,23,24). The molecule has 0 bridgehead atoms. The number of pyridine rings is 1. The van der Waals surface area contributed by atoms with Crippen LogP contribution < -0.4 is 10.2 Å². The summed E-state index contributed by atoms with van der Waals surface area (Å²) in [5.74, 6) is 5.95. The van der Waals surface area contributed by atoms with Gasteiger partial charge in [0, 0.05) is 43.1 Å². The van der Waals surface area contributed by atoms with Crippen LogP contribution in [0.5, 0.6) is 0 Å². The van der Waals surface area contributed by atoms with Crippen LogP contribution in [0.25, 0.3) is 0 Å². The summed E-state index contributed by atoms with van der Waals surface area (Å²) in [4.78, 5) is 17.9. The van der Waals surface area contributed by atoms with Crippen LogP contribution in [0.1, 0.15) is 21.5 Å². The van der Waals surface area contributed by atoms with E-state index in [9.17, 15) is 9.90 Å². The summed E-state index contributed by atoms with van der Waals surface area (Å²) < 4.78 is 5.34. The zero-order chi connectivity index (χ0) is 17.6. The number of anilines is 2. The molecule has 0 radical (unpaired) electrons. The average molecular weight is 337 g/mol. The zero-order valence-electron chi connectivity index (χ0n) is 14.0. The molecule has 0 aliphatic carbocycles. The molecule has 0 amide bonds. The number of benzene rings is 1. The summed E-state index contributed by atoms with van der Waals surface area (Å²) in [7, 11) is 1.69. The Kier molecular flexibility index (Phi) is 5.17. The van der Waals surface area contributed by atoms with Crippen LogP contribution in [0.4, 0.5) is 11.5 Å². The largest absolute Gasteiger partial charge is 0.478 e. The fourth-order valence-corrected chi connectivity index (χ4v) is 2.60. The van der Waals surface area contributed by atoms with Crippen molar-refractivity contribution in [3.63, 3.8) is 0 Å². The van der Waals surface area contributed by atoms with E-state index in [-0.39, 0.29) is 5.56 Å². The van der Waals surface area contributed by atoms with Gasteiger partial charge in [0.2, 0.25) is 0 Å². The van der Waals surface area contributed by atoms with Crippen molar-refractivity contribution in [2.45, 2.75) is 0 Å². The van der Waals surface area contributed by atoms with Crippen molar-refractivity contribution in [3.8, 4) is 11.8 Å². The van der Waals surface area contributed by atoms with E-state index in [4.69, 9.17) is 4.74 Å². The molecule has 1 aromatic heterocycles. The Morgan fingerprint density at radius 3 is 2.56 bits per heavy atom. The molecule has 2 N–H and O–H groups in total. The minimum Gasteiger partial charge on any atom is -0.478 e. The summed E-state index contributed by atoms with van der Waals surface area (Å²) in [6, 6.07) is 8.94. The van der Waals surface area contributed by atoms with Gasteiger partial charge in [-0.25, -0.2) is 9.78 Å². The molecule has 6 nitrogen and oxygen atoms in total. The molecule has 1 aliphatic heterocycles. The highest BCUT2D eigenvalue weighted by molar-refractivity contribution is 5.94. The van der Waals surface area contributed by atoms with Gasteiger partial charge in [-0.05, 0) is 30.3 Å². The Morgan fingerprint density at radius 1 is 1.20 bits per heavy atom. The van der Waals surface area contributed by atoms with Gasteiger partial charge in [0.1, 0.15) is 5.82 Å². The van der Waals surface area contributed by atoms with E-state index in [1.807, 2.05) is 12.1 Å². The van der Waals surface area contributed by atoms with Crippen LogP contribution in [0, 0.1) is 11.8 Å². The fraction of sp³-hybridized carbons (Fsp3) is 0.263. The number of hydrogen-bond donors (Lipinski definition) is 2. The quantitative estimate of drug-likeness (QED) is 0.835. The van der Waals surface area contributed by atoms with Crippen LogP contribution in [0.15, 0.2) is 36.5 Å². The van der Waals surface area contributed by atoms with Crippen molar-refractivity contribution in [2.24, 2.45) is 0 Å². The van der Waals surface area contributed by atoms with Crippen molar-refractivity contribution < 1.29 is 14.6 Å². The predicted molar refractivity (Wildman–Crippen MR) is 96.2 cm³/mol. The van der Waals surface area contributed by atoms with Crippen molar-refractivity contribution in [2.75, 3.05) is 43.6 Å². The number of nitrogens with one attached hydrogen (secondary N) is 1. The first-order valence-corrected chi connectivity index (χ1v) is 8.03. The lowest BCUT2D eigenvalue weighted by molar-refractivity contribution is 0.0698. The monoisotopic (exact) mass is 337 g/mol. The minimum atomic E-state index is -0.982. The van der Waals surface area contributed by atoms with E-state index >= 15 is 0 Å². The van der Waals surface area contributed by atoms with Gasteiger partial charge in [-0.2, -0.15) is 0 Å². The second kappa shape index (κ2) is 7.69. The van der Waals surface area contributed by atoms with Crippen LogP contribution in [0.2, 0.25) is 0 Å². The molecular formula is C19H19N3O3. The summed E-state index contributed by atoms with van der Waals surface area (Å²) in [6.45, 7) is 3.12. The molecule has 3 rings (SSSR count). The van der Waals surface area contributed by atoms with Crippen LogP contribution >= 0.6 is 0 Å². The molecule has 128 valence electrons. The average Bonchev–Trinajstić information content (AvgIpc) is 2.67. The van der Waals surface area contributed by atoms with Gasteiger partial charge in [0.25, 0.3) is 0 Å². The van der Waals surface area contributed by atoms with E-state index in [0.717, 1.165) is 37.7 Å². The highest BCUT2D eigenvalue weighted by atomic mass is 16.5. The molecule has 0 saturated carbocycles. The third kappa shape index (κ3) is 4.08. The molecule has 2 heterocycles. The van der Waals surface area contributed by atoms with Gasteiger partial charge < -0.3 is 20.1 Å². The number of carboxylic acid groups (broad SMARTS) is 1. The number of morpholine rings is 1. The first kappa shape index (κ1) is 16.8. The Hall–Kier alpha value is -3.04. The molecule has 2 aromatic rings. The number of carboxylic acids is 1. The maximum absolute atomic E-state index is 11.3. The van der Waals surface area contributed by atoms with Gasteiger partial charge in [-0.1, -0.05) is 11.8 Å².